The molecule has 1 aromatic carbocycles. The summed E-state index contributed by atoms with van der Waals surface area (Å²) in [5.74, 6) is -0.237. The minimum absolute atomic E-state index is 0.113. The number of halogens is 1. The number of hydrogen-bond acceptors (Lipinski definition) is 3. The van der Waals surface area contributed by atoms with Gasteiger partial charge in [0.2, 0.25) is 0 Å². The van der Waals surface area contributed by atoms with Crippen LogP contribution >= 0.6 is 15.9 Å². The van der Waals surface area contributed by atoms with Crippen molar-refractivity contribution in [3.05, 3.63) is 28.2 Å². The third-order valence-corrected chi connectivity index (χ3v) is 2.80. The van der Waals surface area contributed by atoms with E-state index in [0.717, 1.165) is 19.3 Å². The van der Waals surface area contributed by atoms with Crippen LogP contribution in [0.2, 0.25) is 0 Å². The van der Waals surface area contributed by atoms with Crippen molar-refractivity contribution < 1.29 is 14.6 Å². The summed E-state index contributed by atoms with van der Waals surface area (Å²) < 4.78 is 5.58. The lowest BCUT2D eigenvalue weighted by molar-refractivity contribution is 0.0498. The van der Waals surface area contributed by atoms with Crippen LogP contribution in [-0.2, 0) is 4.74 Å². The van der Waals surface area contributed by atoms with Gasteiger partial charge in [0.15, 0.2) is 0 Å². The summed E-state index contributed by atoms with van der Waals surface area (Å²) in [5.41, 5.74) is 0.446. The van der Waals surface area contributed by atoms with Gasteiger partial charge in [-0.25, -0.2) is 4.79 Å². The Kier molecular flexibility index (Phi) is 5.32. The number of phenols is 1. The summed E-state index contributed by atoms with van der Waals surface area (Å²) in [5, 5.41) is 9.27. The van der Waals surface area contributed by atoms with Crippen molar-refractivity contribution in [2.45, 2.75) is 26.2 Å². The summed E-state index contributed by atoms with van der Waals surface area (Å²) in [6, 6.07) is 4.56. The van der Waals surface area contributed by atoms with Crippen LogP contribution in [-0.4, -0.2) is 17.7 Å². The molecule has 0 atom stereocenters. The first kappa shape index (κ1) is 13.0. The molecule has 0 unspecified atom stereocenters. The Labute approximate surface area is 104 Å². The topological polar surface area (TPSA) is 46.5 Å². The average Bonchev–Trinajstić information content (AvgIpc) is 2.28. The largest absolute Gasteiger partial charge is 0.507 e. The number of esters is 1. The first-order valence-electron chi connectivity index (χ1n) is 5.30. The van der Waals surface area contributed by atoms with Gasteiger partial charge in [-0.15, -0.1) is 0 Å². The molecule has 1 rings (SSSR count). The summed E-state index contributed by atoms with van der Waals surface area (Å²) in [6.45, 7) is 2.55. The summed E-state index contributed by atoms with van der Waals surface area (Å²) >= 11 is 3.15. The fourth-order valence-electron chi connectivity index (χ4n) is 1.23. The number of aromatic hydroxyl groups is 1. The van der Waals surface area contributed by atoms with Crippen molar-refractivity contribution in [2.75, 3.05) is 6.61 Å². The van der Waals surface area contributed by atoms with Crippen LogP contribution < -0.4 is 0 Å². The highest BCUT2D eigenvalue weighted by molar-refractivity contribution is 9.10. The molecule has 0 fully saturated rings. The molecule has 0 aliphatic carbocycles. The molecule has 1 N–H and O–H groups in total. The van der Waals surface area contributed by atoms with E-state index in [-0.39, 0.29) is 11.7 Å². The SMILES string of the molecule is CCCCCOC(=O)c1ccc(O)c(Br)c1. The van der Waals surface area contributed by atoms with Crippen molar-refractivity contribution in [2.24, 2.45) is 0 Å². The van der Waals surface area contributed by atoms with E-state index in [9.17, 15) is 9.90 Å². The van der Waals surface area contributed by atoms with Gasteiger partial charge in [0.1, 0.15) is 5.75 Å². The predicted octanol–water partition coefficient (Wildman–Crippen LogP) is 3.50. The van der Waals surface area contributed by atoms with Gasteiger partial charge < -0.3 is 9.84 Å². The summed E-state index contributed by atoms with van der Waals surface area (Å²) in [7, 11) is 0. The molecule has 4 heteroatoms. The van der Waals surface area contributed by atoms with Crippen molar-refractivity contribution in [3.8, 4) is 5.75 Å². The average molecular weight is 287 g/mol. The zero-order valence-electron chi connectivity index (χ0n) is 9.20. The van der Waals surface area contributed by atoms with Crippen LogP contribution in [0.3, 0.4) is 0 Å². The number of hydrogen-bond donors (Lipinski definition) is 1. The lowest BCUT2D eigenvalue weighted by atomic mass is 10.2. The third-order valence-electron chi connectivity index (χ3n) is 2.16. The predicted molar refractivity (Wildman–Crippen MR) is 65.6 cm³/mol. The van der Waals surface area contributed by atoms with E-state index in [1.54, 1.807) is 12.1 Å². The van der Waals surface area contributed by atoms with E-state index >= 15 is 0 Å². The molecule has 0 bridgehead atoms. The highest BCUT2D eigenvalue weighted by atomic mass is 79.9. The van der Waals surface area contributed by atoms with Crippen LogP contribution in [0.15, 0.2) is 22.7 Å². The Balaban J connectivity index is 2.50. The molecule has 88 valence electrons. The molecule has 0 saturated heterocycles. The van der Waals surface area contributed by atoms with Gasteiger partial charge in [0.05, 0.1) is 16.6 Å². The van der Waals surface area contributed by atoms with Gasteiger partial charge in [-0.2, -0.15) is 0 Å². The number of carbonyl (C=O) groups excluding carboxylic acids is 1. The molecular weight excluding hydrogens is 272 g/mol. The standard InChI is InChI=1S/C12H15BrO3/c1-2-3-4-7-16-12(15)9-5-6-11(14)10(13)8-9/h5-6,8,14H,2-4,7H2,1H3. The molecule has 1 aromatic rings. The zero-order valence-corrected chi connectivity index (χ0v) is 10.8. The maximum Gasteiger partial charge on any atom is 0.338 e. The molecular formula is C12H15BrO3. The van der Waals surface area contributed by atoms with E-state index in [1.807, 2.05) is 0 Å². The Morgan fingerprint density at radius 3 is 2.81 bits per heavy atom. The van der Waals surface area contributed by atoms with E-state index in [1.165, 1.54) is 6.07 Å². The van der Waals surface area contributed by atoms with E-state index in [0.29, 0.717) is 16.6 Å². The Bertz CT molecular complexity index is 363. The van der Waals surface area contributed by atoms with Crippen molar-refractivity contribution in [1.29, 1.82) is 0 Å². The molecule has 16 heavy (non-hydrogen) atoms. The maximum atomic E-state index is 11.5. The van der Waals surface area contributed by atoms with Gasteiger partial charge in [-0.05, 0) is 40.5 Å². The number of carbonyl (C=O) groups is 1. The molecule has 3 nitrogen and oxygen atoms in total. The monoisotopic (exact) mass is 286 g/mol. The second-order valence-electron chi connectivity index (χ2n) is 3.51. The second-order valence-corrected chi connectivity index (χ2v) is 4.36. The highest BCUT2D eigenvalue weighted by Gasteiger charge is 2.08. The zero-order chi connectivity index (χ0) is 12.0. The van der Waals surface area contributed by atoms with Gasteiger partial charge >= 0.3 is 5.97 Å². The van der Waals surface area contributed by atoms with Crippen LogP contribution in [0.4, 0.5) is 0 Å². The molecule has 0 radical (unpaired) electrons. The van der Waals surface area contributed by atoms with Gasteiger partial charge in [0, 0.05) is 0 Å². The number of unbranched alkanes of at least 4 members (excludes halogenated alkanes) is 2. The van der Waals surface area contributed by atoms with Crippen LogP contribution in [0.1, 0.15) is 36.5 Å². The minimum atomic E-state index is -0.350. The number of phenolic OH excluding ortho intramolecular Hbond substituents is 1. The lowest BCUT2D eigenvalue weighted by Crippen LogP contribution is -2.06. The third kappa shape index (κ3) is 3.85. The van der Waals surface area contributed by atoms with Crippen molar-refractivity contribution >= 4 is 21.9 Å². The Hall–Kier alpha value is -1.03. The molecule has 0 spiro atoms. The quantitative estimate of drug-likeness (QED) is 0.666. The van der Waals surface area contributed by atoms with E-state index in [2.05, 4.69) is 22.9 Å². The Morgan fingerprint density at radius 1 is 1.44 bits per heavy atom. The first-order valence-corrected chi connectivity index (χ1v) is 6.10. The minimum Gasteiger partial charge on any atom is -0.507 e. The van der Waals surface area contributed by atoms with Crippen molar-refractivity contribution in [3.63, 3.8) is 0 Å². The Morgan fingerprint density at radius 2 is 2.19 bits per heavy atom. The van der Waals surface area contributed by atoms with Crippen LogP contribution in [0.5, 0.6) is 5.75 Å². The fraction of sp³-hybridized carbons (Fsp3) is 0.417. The van der Waals surface area contributed by atoms with Crippen LogP contribution in [0.25, 0.3) is 0 Å². The maximum absolute atomic E-state index is 11.5. The lowest BCUT2D eigenvalue weighted by Gasteiger charge is -2.05. The van der Waals surface area contributed by atoms with Gasteiger partial charge in [-0.3, -0.25) is 0 Å². The number of rotatable bonds is 5. The second kappa shape index (κ2) is 6.53. The fourth-order valence-corrected chi connectivity index (χ4v) is 1.61. The molecule has 0 aliphatic rings. The molecule has 0 amide bonds. The highest BCUT2D eigenvalue weighted by Crippen LogP contribution is 2.24. The molecule has 0 aliphatic heterocycles. The molecule has 0 heterocycles. The van der Waals surface area contributed by atoms with E-state index in [4.69, 9.17) is 4.74 Å². The van der Waals surface area contributed by atoms with Gasteiger partial charge in [-0.1, -0.05) is 19.8 Å². The van der Waals surface area contributed by atoms with Gasteiger partial charge in [0.25, 0.3) is 0 Å². The number of ether oxygens (including phenoxy) is 1. The smallest absolute Gasteiger partial charge is 0.338 e. The molecule has 0 saturated carbocycles. The normalized spacial score (nSPS) is 10.1. The summed E-state index contributed by atoms with van der Waals surface area (Å²) in [6.07, 6.45) is 3.05. The summed E-state index contributed by atoms with van der Waals surface area (Å²) in [4.78, 5) is 11.5. The van der Waals surface area contributed by atoms with E-state index < -0.39 is 0 Å². The first-order chi connectivity index (χ1) is 7.65. The van der Waals surface area contributed by atoms with Crippen LogP contribution in [0, 0.1) is 0 Å². The molecule has 0 aromatic heterocycles. The number of benzene rings is 1. The van der Waals surface area contributed by atoms with Crippen molar-refractivity contribution in [1.82, 2.24) is 0 Å².